The molecule has 0 unspecified atom stereocenters. The Hall–Kier alpha value is -2.80. The van der Waals surface area contributed by atoms with Crippen molar-refractivity contribution in [2.75, 3.05) is 19.0 Å². The summed E-state index contributed by atoms with van der Waals surface area (Å²) < 4.78 is 16.5. The molecule has 1 amide bonds. The molecule has 6 nitrogen and oxygen atoms in total. The molecule has 0 aliphatic heterocycles. The predicted octanol–water partition coefficient (Wildman–Crippen LogP) is 4.77. The van der Waals surface area contributed by atoms with Gasteiger partial charge >= 0.3 is 0 Å². The van der Waals surface area contributed by atoms with Gasteiger partial charge in [0.1, 0.15) is 17.8 Å². The van der Waals surface area contributed by atoms with Gasteiger partial charge in [0.2, 0.25) is 11.8 Å². The van der Waals surface area contributed by atoms with Gasteiger partial charge in [0.15, 0.2) is 0 Å². The number of hydrogen-bond donors (Lipinski definition) is 1. The zero-order valence-electron chi connectivity index (χ0n) is 15.4. The number of aromatic nitrogens is 1. The molecule has 1 N–H and O–H groups in total. The van der Waals surface area contributed by atoms with Gasteiger partial charge < -0.3 is 19.2 Å². The third kappa shape index (κ3) is 5.10. The molecule has 0 fully saturated rings. The number of oxazole rings is 1. The fourth-order valence-corrected chi connectivity index (χ4v) is 3.10. The topological polar surface area (TPSA) is 73.6 Å². The fourth-order valence-electron chi connectivity index (χ4n) is 2.45. The molecule has 0 saturated heterocycles. The highest BCUT2D eigenvalue weighted by Gasteiger charge is 2.14. The second kappa shape index (κ2) is 9.23. The minimum Gasteiger partial charge on any atom is -0.497 e. The molecule has 0 saturated carbocycles. The Morgan fingerprint density at radius 2 is 2.22 bits per heavy atom. The van der Waals surface area contributed by atoms with E-state index in [4.69, 9.17) is 13.9 Å². The summed E-state index contributed by atoms with van der Waals surface area (Å²) in [5.41, 5.74) is 1.16. The Morgan fingerprint density at radius 1 is 1.33 bits per heavy atom. The van der Waals surface area contributed by atoms with E-state index in [-0.39, 0.29) is 12.3 Å². The van der Waals surface area contributed by atoms with Crippen LogP contribution in [0.2, 0.25) is 0 Å². The van der Waals surface area contributed by atoms with E-state index < -0.39 is 0 Å². The molecule has 7 heteroatoms. The quantitative estimate of drug-likeness (QED) is 0.536. The van der Waals surface area contributed by atoms with Gasteiger partial charge in [-0.3, -0.25) is 4.79 Å². The van der Waals surface area contributed by atoms with Crippen molar-refractivity contribution in [3.05, 3.63) is 47.7 Å². The maximum absolute atomic E-state index is 12.5. The van der Waals surface area contributed by atoms with Crippen molar-refractivity contribution < 1.29 is 18.7 Å². The van der Waals surface area contributed by atoms with E-state index in [2.05, 4.69) is 17.2 Å². The summed E-state index contributed by atoms with van der Waals surface area (Å²) in [6, 6.07) is 9.21. The number of benzene rings is 1. The molecule has 1 aromatic carbocycles. The highest BCUT2D eigenvalue weighted by molar-refractivity contribution is 7.13. The van der Waals surface area contributed by atoms with Crippen LogP contribution in [-0.2, 0) is 11.2 Å². The third-order valence-electron chi connectivity index (χ3n) is 3.84. The number of carbonyl (C=O) groups excluding carboxylic acids is 1. The molecule has 0 bridgehead atoms. The van der Waals surface area contributed by atoms with Gasteiger partial charge in [0.05, 0.1) is 36.4 Å². The SMILES string of the molecule is CCCCOc1ccc(OC)cc1NC(=O)Cc1coc(-c2cccs2)n1. The molecule has 0 aliphatic carbocycles. The van der Waals surface area contributed by atoms with Gasteiger partial charge in [-0.1, -0.05) is 19.4 Å². The Morgan fingerprint density at radius 3 is 2.96 bits per heavy atom. The number of unbranched alkanes of at least 4 members (excludes halogenated alkanes) is 1. The van der Waals surface area contributed by atoms with Gasteiger partial charge in [-0.25, -0.2) is 4.98 Å². The second-order valence-corrected chi connectivity index (χ2v) is 6.86. The van der Waals surface area contributed by atoms with E-state index in [0.717, 1.165) is 17.7 Å². The van der Waals surface area contributed by atoms with Gasteiger partial charge in [-0.15, -0.1) is 11.3 Å². The number of thiophene rings is 1. The van der Waals surface area contributed by atoms with Gasteiger partial charge in [-0.2, -0.15) is 0 Å². The summed E-state index contributed by atoms with van der Waals surface area (Å²) in [6.45, 7) is 2.70. The van der Waals surface area contributed by atoms with E-state index in [1.165, 1.54) is 17.6 Å². The average molecular weight is 386 g/mol. The van der Waals surface area contributed by atoms with Gasteiger partial charge in [0.25, 0.3) is 0 Å². The summed E-state index contributed by atoms with van der Waals surface area (Å²) in [6.07, 6.45) is 3.61. The molecule has 3 rings (SSSR count). The minimum atomic E-state index is -0.199. The number of hydrogen-bond acceptors (Lipinski definition) is 6. The monoisotopic (exact) mass is 386 g/mol. The Balaban J connectivity index is 1.67. The average Bonchev–Trinajstić information content (AvgIpc) is 3.34. The lowest BCUT2D eigenvalue weighted by atomic mass is 10.2. The zero-order valence-corrected chi connectivity index (χ0v) is 16.2. The first-order valence-corrected chi connectivity index (χ1v) is 9.66. The van der Waals surface area contributed by atoms with Crippen LogP contribution in [0.25, 0.3) is 10.8 Å². The van der Waals surface area contributed by atoms with E-state index in [1.807, 2.05) is 23.6 Å². The van der Waals surface area contributed by atoms with Crippen molar-refractivity contribution in [1.82, 2.24) is 4.98 Å². The number of anilines is 1. The summed E-state index contributed by atoms with van der Waals surface area (Å²) in [7, 11) is 1.58. The molecule has 2 aromatic heterocycles. The Labute approximate surface area is 162 Å². The van der Waals surface area contributed by atoms with Crippen LogP contribution in [-0.4, -0.2) is 24.6 Å². The van der Waals surface area contributed by atoms with E-state index in [1.54, 1.807) is 19.2 Å². The lowest BCUT2D eigenvalue weighted by Crippen LogP contribution is -2.15. The molecule has 0 aliphatic rings. The van der Waals surface area contributed by atoms with Crippen LogP contribution in [0.5, 0.6) is 11.5 Å². The molecule has 0 spiro atoms. The number of carbonyl (C=O) groups is 1. The molecule has 27 heavy (non-hydrogen) atoms. The van der Waals surface area contributed by atoms with Crippen LogP contribution in [0.15, 0.2) is 46.4 Å². The lowest BCUT2D eigenvalue weighted by molar-refractivity contribution is -0.115. The first-order chi connectivity index (χ1) is 13.2. The Kier molecular flexibility index (Phi) is 6.49. The molecule has 2 heterocycles. The normalized spacial score (nSPS) is 10.6. The molecule has 3 aromatic rings. The zero-order chi connectivity index (χ0) is 19.1. The highest BCUT2D eigenvalue weighted by Crippen LogP contribution is 2.30. The van der Waals surface area contributed by atoms with Crippen LogP contribution in [0.4, 0.5) is 5.69 Å². The van der Waals surface area contributed by atoms with Crippen LogP contribution in [0.3, 0.4) is 0 Å². The summed E-state index contributed by atoms with van der Waals surface area (Å²) in [5.74, 6) is 1.60. The smallest absolute Gasteiger partial charge is 0.236 e. The summed E-state index contributed by atoms with van der Waals surface area (Å²) in [5, 5.41) is 4.83. The number of nitrogens with zero attached hydrogens (tertiary/aromatic N) is 1. The second-order valence-electron chi connectivity index (χ2n) is 5.91. The number of methoxy groups -OCH3 is 1. The van der Waals surface area contributed by atoms with Crippen molar-refractivity contribution in [3.8, 4) is 22.3 Å². The predicted molar refractivity (Wildman–Crippen MR) is 106 cm³/mol. The fraction of sp³-hybridized carbons (Fsp3) is 0.300. The van der Waals surface area contributed by atoms with Crippen molar-refractivity contribution in [1.29, 1.82) is 0 Å². The number of rotatable bonds is 9. The van der Waals surface area contributed by atoms with E-state index >= 15 is 0 Å². The third-order valence-corrected chi connectivity index (χ3v) is 4.70. The van der Waals surface area contributed by atoms with Crippen molar-refractivity contribution in [2.45, 2.75) is 26.2 Å². The van der Waals surface area contributed by atoms with Crippen LogP contribution >= 0.6 is 11.3 Å². The molecule has 142 valence electrons. The van der Waals surface area contributed by atoms with Crippen molar-refractivity contribution >= 4 is 22.9 Å². The Bertz CT molecular complexity index is 874. The molecule has 0 atom stereocenters. The largest absolute Gasteiger partial charge is 0.497 e. The number of nitrogens with one attached hydrogen (secondary N) is 1. The van der Waals surface area contributed by atoms with Crippen LogP contribution in [0, 0.1) is 0 Å². The number of ether oxygens (including phenoxy) is 2. The standard InChI is InChI=1S/C20H22N2O4S/c1-3-4-9-25-17-8-7-15(24-2)12-16(17)22-19(23)11-14-13-26-20(21-14)18-6-5-10-27-18/h5-8,10,12-13H,3-4,9,11H2,1-2H3,(H,22,23). The van der Waals surface area contributed by atoms with Gasteiger partial charge in [-0.05, 0) is 30.0 Å². The first-order valence-electron chi connectivity index (χ1n) is 8.78. The molecular weight excluding hydrogens is 364 g/mol. The lowest BCUT2D eigenvalue weighted by Gasteiger charge is -2.13. The van der Waals surface area contributed by atoms with Crippen molar-refractivity contribution in [3.63, 3.8) is 0 Å². The van der Waals surface area contributed by atoms with Crippen LogP contribution in [0.1, 0.15) is 25.5 Å². The van der Waals surface area contributed by atoms with E-state index in [0.29, 0.717) is 35.4 Å². The van der Waals surface area contributed by atoms with Crippen LogP contribution < -0.4 is 14.8 Å². The maximum Gasteiger partial charge on any atom is 0.236 e. The summed E-state index contributed by atoms with van der Waals surface area (Å²) in [4.78, 5) is 17.8. The first kappa shape index (κ1) is 19.0. The van der Waals surface area contributed by atoms with E-state index in [9.17, 15) is 4.79 Å². The van der Waals surface area contributed by atoms with Gasteiger partial charge in [0, 0.05) is 6.07 Å². The minimum absolute atomic E-state index is 0.112. The number of amides is 1. The molecular formula is C20H22N2O4S. The van der Waals surface area contributed by atoms with Crippen molar-refractivity contribution in [2.24, 2.45) is 0 Å². The maximum atomic E-state index is 12.5. The molecule has 0 radical (unpaired) electrons. The summed E-state index contributed by atoms with van der Waals surface area (Å²) >= 11 is 1.54. The highest BCUT2D eigenvalue weighted by atomic mass is 32.1.